The molecular formula is C15H18N2O2. The van der Waals surface area contributed by atoms with Crippen LogP contribution in [0.2, 0.25) is 0 Å². The molecule has 1 aromatic carbocycles. The Morgan fingerprint density at radius 2 is 2.11 bits per heavy atom. The number of rotatable bonds is 2. The first-order chi connectivity index (χ1) is 9.24. The van der Waals surface area contributed by atoms with Crippen molar-refractivity contribution < 1.29 is 9.53 Å². The fraction of sp³-hybridized carbons (Fsp3) is 0.400. The van der Waals surface area contributed by atoms with Crippen molar-refractivity contribution in [3.63, 3.8) is 0 Å². The molecule has 0 radical (unpaired) electrons. The first-order valence-corrected chi connectivity index (χ1v) is 6.74. The quantitative estimate of drug-likeness (QED) is 0.665. The Balaban J connectivity index is 1.97. The van der Waals surface area contributed by atoms with Crippen molar-refractivity contribution in [2.45, 2.75) is 25.8 Å². The van der Waals surface area contributed by atoms with Crippen LogP contribution in [-0.2, 0) is 4.79 Å². The minimum absolute atomic E-state index is 0.278. The molecular weight excluding hydrogens is 240 g/mol. The monoisotopic (exact) mass is 258 g/mol. The number of hydrogen-bond donors (Lipinski definition) is 1. The summed E-state index contributed by atoms with van der Waals surface area (Å²) >= 11 is 0. The van der Waals surface area contributed by atoms with Crippen LogP contribution in [0.3, 0.4) is 0 Å². The second kappa shape index (κ2) is 5.05. The summed E-state index contributed by atoms with van der Waals surface area (Å²) < 4.78 is 7.48. The second-order valence-corrected chi connectivity index (χ2v) is 5.02. The van der Waals surface area contributed by atoms with Gasteiger partial charge in [0.1, 0.15) is 5.75 Å². The summed E-state index contributed by atoms with van der Waals surface area (Å²) in [5, 5.41) is 4.57. The summed E-state index contributed by atoms with van der Waals surface area (Å²) in [4.78, 5) is 11.0. The predicted octanol–water partition coefficient (Wildman–Crippen LogP) is 2.49. The Bertz CT molecular complexity index is 597. The number of fused-ring (bicyclic) bond motifs is 1. The molecule has 0 unspecified atom stereocenters. The molecule has 1 N–H and O–H groups in total. The zero-order chi connectivity index (χ0) is 13.2. The highest BCUT2D eigenvalue weighted by Gasteiger charge is 2.16. The van der Waals surface area contributed by atoms with Gasteiger partial charge in [0.05, 0.1) is 5.52 Å². The van der Waals surface area contributed by atoms with Gasteiger partial charge in [0.25, 0.3) is 0 Å². The van der Waals surface area contributed by atoms with Crippen LogP contribution >= 0.6 is 0 Å². The molecule has 100 valence electrons. The molecule has 1 saturated heterocycles. The van der Waals surface area contributed by atoms with Crippen LogP contribution in [0.5, 0.6) is 5.75 Å². The van der Waals surface area contributed by atoms with Crippen LogP contribution in [-0.4, -0.2) is 23.6 Å². The lowest BCUT2D eigenvalue weighted by Gasteiger charge is -2.25. The molecule has 0 bridgehead atoms. The summed E-state index contributed by atoms with van der Waals surface area (Å²) in [6, 6.07) is 8.46. The third-order valence-corrected chi connectivity index (χ3v) is 3.66. The Hall–Kier alpha value is -1.81. The predicted molar refractivity (Wildman–Crippen MR) is 74.4 cm³/mol. The van der Waals surface area contributed by atoms with Crippen molar-refractivity contribution in [1.82, 2.24) is 9.88 Å². The molecule has 0 atom stereocenters. The van der Waals surface area contributed by atoms with Crippen LogP contribution in [0.4, 0.5) is 0 Å². The van der Waals surface area contributed by atoms with Crippen LogP contribution in [0, 0.1) is 0 Å². The van der Waals surface area contributed by atoms with Gasteiger partial charge >= 0.3 is 5.97 Å². The number of piperidine rings is 1. The molecule has 2 heterocycles. The molecule has 1 fully saturated rings. The molecule has 1 aromatic heterocycles. The van der Waals surface area contributed by atoms with Gasteiger partial charge in [-0.1, -0.05) is 0 Å². The van der Waals surface area contributed by atoms with E-state index in [2.05, 4.69) is 22.1 Å². The average Bonchev–Trinajstić information content (AvgIpc) is 2.82. The summed E-state index contributed by atoms with van der Waals surface area (Å²) in [6.07, 6.45) is 4.42. The summed E-state index contributed by atoms with van der Waals surface area (Å²) in [5.74, 6) is 0.341. The summed E-state index contributed by atoms with van der Waals surface area (Å²) in [7, 11) is 0. The molecule has 0 saturated carbocycles. The molecule has 2 aromatic rings. The number of benzene rings is 1. The van der Waals surface area contributed by atoms with Crippen molar-refractivity contribution in [1.29, 1.82) is 0 Å². The van der Waals surface area contributed by atoms with Gasteiger partial charge < -0.3 is 14.6 Å². The van der Waals surface area contributed by atoms with Crippen LogP contribution in [0.25, 0.3) is 10.9 Å². The lowest BCUT2D eigenvalue weighted by Crippen LogP contribution is -2.29. The molecule has 0 aliphatic carbocycles. The zero-order valence-electron chi connectivity index (χ0n) is 11.1. The van der Waals surface area contributed by atoms with Gasteiger partial charge in [-0.25, -0.2) is 0 Å². The van der Waals surface area contributed by atoms with Crippen molar-refractivity contribution in [2.24, 2.45) is 0 Å². The van der Waals surface area contributed by atoms with Crippen molar-refractivity contribution >= 4 is 16.9 Å². The van der Waals surface area contributed by atoms with Gasteiger partial charge in [0, 0.05) is 25.2 Å². The summed E-state index contributed by atoms with van der Waals surface area (Å²) in [5.41, 5.74) is 1.14. The largest absolute Gasteiger partial charge is 0.427 e. The van der Waals surface area contributed by atoms with Gasteiger partial charge in [0.15, 0.2) is 0 Å². The molecule has 1 aliphatic rings. The summed E-state index contributed by atoms with van der Waals surface area (Å²) in [6.45, 7) is 3.55. The maximum atomic E-state index is 11.0. The number of aromatic nitrogens is 1. The SMILES string of the molecule is CC(=O)Oc1ccc2ccn(C3CCNCC3)c2c1. The van der Waals surface area contributed by atoms with Gasteiger partial charge in [-0.2, -0.15) is 0 Å². The average molecular weight is 258 g/mol. The number of nitrogens with one attached hydrogen (secondary N) is 1. The highest BCUT2D eigenvalue weighted by atomic mass is 16.5. The van der Waals surface area contributed by atoms with Crippen molar-refractivity contribution in [3.05, 3.63) is 30.5 Å². The van der Waals surface area contributed by atoms with Crippen molar-refractivity contribution in [2.75, 3.05) is 13.1 Å². The highest BCUT2D eigenvalue weighted by Crippen LogP contribution is 2.28. The van der Waals surface area contributed by atoms with E-state index in [0.29, 0.717) is 11.8 Å². The van der Waals surface area contributed by atoms with Crippen molar-refractivity contribution in [3.8, 4) is 5.75 Å². The van der Waals surface area contributed by atoms with E-state index < -0.39 is 0 Å². The molecule has 1 aliphatic heterocycles. The molecule has 19 heavy (non-hydrogen) atoms. The van der Waals surface area contributed by atoms with E-state index in [0.717, 1.165) is 31.4 Å². The smallest absolute Gasteiger partial charge is 0.308 e. The molecule has 0 amide bonds. The number of carbonyl (C=O) groups is 1. The topological polar surface area (TPSA) is 43.3 Å². The van der Waals surface area contributed by atoms with Gasteiger partial charge in [-0.15, -0.1) is 0 Å². The van der Waals surface area contributed by atoms with E-state index >= 15 is 0 Å². The standard InChI is InChI=1S/C15H18N2O2/c1-11(18)19-14-3-2-12-6-9-17(15(12)10-14)13-4-7-16-8-5-13/h2-3,6,9-10,13,16H,4-5,7-8H2,1H3. The third kappa shape index (κ3) is 2.49. The Morgan fingerprint density at radius 1 is 1.32 bits per heavy atom. The van der Waals surface area contributed by atoms with Gasteiger partial charge in [-0.3, -0.25) is 4.79 Å². The minimum atomic E-state index is -0.278. The maximum Gasteiger partial charge on any atom is 0.308 e. The zero-order valence-corrected chi connectivity index (χ0v) is 11.1. The molecule has 0 spiro atoms. The lowest BCUT2D eigenvalue weighted by molar-refractivity contribution is -0.131. The molecule has 3 rings (SSSR count). The highest BCUT2D eigenvalue weighted by molar-refractivity contribution is 5.82. The van der Waals surface area contributed by atoms with Crippen LogP contribution in [0.15, 0.2) is 30.5 Å². The van der Waals surface area contributed by atoms with E-state index in [1.165, 1.54) is 12.3 Å². The fourth-order valence-electron chi connectivity index (χ4n) is 2.76. The second-order valence-electron chi connectivity index (χ2n) is 5.02. The number of esters is 1. The van der Waals surface area contributed by atoms with Gasteiger partial charge in [-0.05, 0) is 49.5 Å². The number of nitrogens with zero attached hydrogens (tertiary/aromatic N) is 1. The maximum absolute atomic E-state index is 11.0. The first-order valence-electron chi connectivity index (χ1n) is 6.74. The Labute approximate surface area is 112 Å². The first kappa shape index (κ1) is 12.2. The van der Waals surface area contributed by atoms with Gasteiger partial charge in [0.2, 0.25) is 0 Å². The van der Waals surface area contributed by atoms with E-state index in [1.54, 1.807) is 0 Å². The van der Waals surface area contributed by atoms with E-state index in [4.69, 9.17) is 4.74 Å². The fourth-order valence-corrected chi connectivity index (χ4v) is 2.76. The Kier molecular flexibility index (Phi) is 3.25. The molecule has 4 heteroatoms. The number of carbonyl (C=O) groups excluding carboxylic acids is 1. The number of hydrogen-bond acceptors (Lipinski definition) is 3. The van der Waals surface area contributed by atoms with E-state index in [9.17, 15) is 4.79 Å². The minimum Gasteiger partial charge on any atom is -0.427 e. The van der Waals surface area contributed by atoms with E-state index in [1.807, 2.05) is 18.2 Å². The molecule has 4 nitrogen and oxygen atoms in total. The third-order valence-electron chi connectivity index (χ3n) is 3.66. The lowest BCUT2D eigenvalue weighted by atomic mass is 10.1. The van der Waals surface area contributed by atoms with Crippen LogP contribution in [0.1, 0.15) is 25.8 Å². The normalized spacial score (nSPS) is 16.7. The Morgan fingerprint density at radius 3 is 2.84 bits per heavy atom. The van der Waals surface area contributed by atoms with E-state index in [-0.39, 0.29) is 5.97 Å². The van der Waals surface area contributed by atoms with Crippen LogP contribution < -0.4 is 10.1 Å². The number of ether oxygens (including phenoxy) is 1.